The molecule has 386 valence electrons. The predicted molar refractivity (Wildman–Crippen MR) is 282 cm³/mol. The topological polar surface area (TPSA) is 76.1 Å². The van der Waals surface area contributed by atoms with Crippen molar-refractivity contribution in [2.75, 3.05) is 39.1 Å². The van der Waals surface area contributed by atoms with E-state index in [2.05, 4.69) is 50.9 Å². The molecule has 7 nitrogen and oxygen atoms in total. The molecule has 1 fully saturated rings. The van der Waals surface area contributed by atoms with Crippen LogP contribution >= 0.6 is 0 Å². The van der Waals surface area contributed by atoms with Gasteiger partial charge >= 0.3 is 11.9 Å². The van der Waals surface area contributed by atoms with E-state index in [1.54, 1.807) is 0 Å². The fourth-order valence-corrected chi connectivity index (χ4v) is 11.7. The molecule has 1 aliphatic rings. The Bertz CT molecular complexity index is 1030. The Morgan fingerprint density at radius 1 is 0.477 bits per heavy atom. The van der Waals surface area contributed by atoms with E-state index in [4.69, 9.17) is 9.47 Å². The number of likely N-dealkylation sites (tertiary alicyclic amines) is 1. The molecule has 0 aromatic rings. The molecule has 0 aromatic carbocycles. The zero-order valence-corrected chi connectivity index (χ0v) is 45.3. The van der Waals surface area contributed by atoms with Gasteiger partial charge in [-0.15, -0.1) is 0 Å². The SMILES string of the molecule is CCCCCCCCS(=O)N(C(CCCCCCCCC(=O)OCC(CCCC)CCCCCC)CCCCCCCCC(=O)OCC(CCCC)CCCCCC)C1CCN(C)CC1. The highest BCUT2D eigenvalue weighted by Crippen LogP contribution is 2.28. The average molecular weight is 938 g/mol. The lowest BCUT2D eigenvalue weighted by molar-refractivity contribution is -0.146. The number of nitrogens with zero attached hydrogens (tertiary/aromatic N) is 2. The Morgan fingerprint density at radius 3 is 1.25 bits per heavy atom. The van der Waals surface area contributed by atoms with Crippen LogP contribution in [0.4, 0.5) is 0 Å². The smallest absolute Gasteiger partial charge is 0.305 e. The summed E-state index contributed by atoms with van der Waals surface area (Å²) in [6, 6.07) is 0.803. The van der Waals surface area contributed by atoms with Crippen LogP contribution in [0.25, 0.3) is 0 Å². The minimum absolute atomic E-state index is 0.000391. The van der Waals surface area contributed by atoms with E-state index in [1.165, 1.54) is 186 Å². The first kappa shape index (κ1) is 62.0. The Kier molecular flexibility index (Phi) is 43.4. The minimum atomic E-state index is -0.929. The van der Waals surface area contributed by atoms with Crippen molar-refractivity contribution in [3.05, 3.63) is 0 Å². The summed E-state index contributed by atoms with van der Waals surface area (Å²) in [5.41, 5.74) is 0. The third-order valence-corrected chi connectivity index (χ3v) is 16.2. The third kappa shape index (κ3) is 35.7. The molecule has 8 heteroatoms. The van der Waals surface area contributed by atoms with Crippen LogP contribution in [0.3, 0.4) is 0 Å². The van der Waals surface area contributed by atoms with Gasteiger partial charge in [-0.05, 0) is 103 Å². The second-order valence-electron chi connectivity index (χ2n) is 20.7. The first-order valence-electron chi connectivity index (χ1n) is 29.0. The molecule has 1 heterocycles. The molecule has 3 atom stereocenters. The van der Waals surface area contributed by atoms with Crippen LogP contribution in [0.15, 0.2) is 0 Å². The molecule has 0 saturated carbocycles. The van der Waals surface area contributed by atoms with Crippen LogP contribution in [0.1, 0.15) is 291 Å². The number of carbonyl (C=O) groups is 2. The normalized spacial score (nSPS) is 15.6. The standard InChI is InChI=1S/C57H112N2O5S/c1-7-12-17-20-29-36-49-65(62)59(55-45-47-58(6)48-46-55)54(41-32-25-21-23-27-34-43-56(60)63-50-52(37-15-10-4)39-30-18-13-8-2)42-33-26-22-24-28-35-44-57(61)64-51-53(38-16-11-5)40-31-19-14-9-3/h52-55H,7-51H2,1-6H3. The molecular weight excluding hydrogens is 825 g/mol. The molecule has 1 rings (SSSR count). The third-order valence-electron chi connectivity index (χ3n) is 14.5. The van der Waals surface area contributed by atoms with E-state index < -0.39 is 11.0 Å². The maximum atomic E-state index is 14.3. The first-order chi connectivity index (χ1) is 31.8. The molecule has 0 amide bonds. The van der Waals surface area contributed by atoms with E-state index in [9.17, 15) is 13.8 Å². The van der Waals surface area contributed by atoms with Crippen molar-refractivity contribution in [1.29, 1.82) is 0 Å². The summed E-state index contributed by atoms with van der Waals surface area (Å²) in [7, 11) is 1.31. The maximum Gasteiger partial charge on any atom is 0.305 e. The summed E-state index contributed by atoms with van der Waals surface area (Å²) >= 11 is 0. The van der Waals surface area contributed by atoms with Gasteiger partial charge in [-0.25, -0.2) is 8.51 Å². The van der Waals surface area contributed by atoms with E-state index in [0.717, 1.165) is 76.6 Å². The highest BCUT2D eigenvalue weighted by molar-refractivity contribution is 7.82. The van der Waals surface area contributed by atoms with Crippen LogP contribution in [0.2, 0.25) is 0 Å². The Hall–Kier alpha value is -0.990. The fraction of sp³-hybridized carbons (Fsp3) is 0.965. The quantitative estimate of drug-likeness (QED) is 0.0447. The molecule has 1 aliphatic heterocycles. The number of ether oxygens (including phenoxy) is 2. The van der Waals surface area contributed by atoms with Gasteiger partial charge < -0.3 is 14.4 Å². The molecule has 0 bridgehead atoms. The first-order valence-corrected chi connectivity index (χ1v) is 30.2. The van der Waals surface area contributed by atoms with Crippen molar-refractivity contribution < 1.29 is 23.3 Å². The monoisotopic (exact) mass is 937 g/mol. The minimum Gasteiger partial charge on any atom is -0.465 e. The number of piperidine rings is 1. The molecule has 3 unspecified atom stereocenters. The molecule has 0 N–H and O–H groups in total. The largest absolute Gasteiger partial charge is 0.465 e. The van der Waals surface area contributed by atoms with Crippen molar-refractivity contribution in [2.45, 2.75) is 304 Å². The summed E-state index contributed by atoms with van der Waals surface area (Å²) in [4.78, 5) is 27.7. The summed E-state index contributed by atoms with van der Waals surface area (Å²) in [5.74, 6) is 1.87. The van der Waals surface area contributed by atoms with Crippen LogP contribution in [0.5, 0.6) is 0 Å². The van der Waals surface area contributed by atoms with Crippen molar-refractivity contribution in [2.24, 2.45) is 11.8 Å². The molecule has 0 aliphatic carbocycles. The zero-order valence-electron chi connectivity index (χ0n) is 44.5. The van der Waals surface area contributed by atoms with Gasteiger partial charge in [-0.3, -0.25) is 9.59 Å². The summed E-state index contributed by atoms with van der Waals surface area (Å²) in [5, 5.41) is 0. The summed E-state index contributed by atoms with van der Waals surface area (Å²) < 4.78 is 28.5. The van der Waals surface area contributed by atoms with Crippen LogP contribution in [-0.2, 0) is 30.0 Å². The number of unbranched alkanes of at least 4 members (excludes halogenated alkanes) is 23. The van der Waals surface area contributed by atoms with Gasteiger partial charge in [-0.1, -0.05) is 208 Å². The van der Waals surface area contributed by atoms with Gasteiger partial charge in [-0.2, -0.15) is 0 Å². The molecule has 0 radical (unpaired) electrons. The number of rotatable bonds is 48. The molecule has 0 aromatic heterocycles. The van der Waals surface area contributed by atoms with Gasteiger partial charge in [0.1, 0.15) is 0 Å². The van der Waals surface area contributed by atoms with E-state index in [-0.39, 0.29) is 11.9 Å². The van der Waals surface area contributed by atoms with Crippen molar-refractivity contribution in [3.8, 4) is 0 Å². The second-order valence-corrected chi connectivity index (χ2v) is 22.2. The van der Waals surface area contributed by atoms with Gasteiger partial charge in [0.05, 0.1) is 24.2 Å². The summed E-state index contributed by atoms with van der Waals surface area (Å²) in [6.07, 6.45) is 46.5. The zero-order chi connectivity index (χ0) is 47.4. The number of hydrogen-bond acceptors (Lipinski definition) is 6. The fourth-order valence-electron chi connectivity index (χ4n) is 10.00. The molecular formula is C57H112N2O5S. The lowest BCUT2D eigenvalue weighted by Crippen LogP contribution is -2.49. The highest BCUT2D eigenvalue weighted by Gasteiger charge is 2.32. The van der Waals surface area contributed by atoms with Crippen molar-refractivity contribution in [1.82, 2.24) is 9.21 Å². The van der Waals surface area contributed by atoms with E-state index in [0.29, 0.717) is 50.0 Å². The molecule has 0 spiro atoms. The number of carbonyl (C=O) groups excluding carboxylic acids is 2. The molecule has 1 saturated heterocycles. The van der Waals surface area contributed by atoms with E-state index >= 15 is 0 Å². The Balaban J connectivity index is 2.63. The number of esters is 2. The van der Waals surface area contributed by atoms with Crippen molar-refractivity contribution in [3.63, 3.8) is 0 Å². The van der Waals surface area contributed by atoms with Crippen LogP contribution < -0.4 is 0 Å². The van der Waals surface area contributed by atoms with E-state index in [1.807, 2.05) is 0 Å². The highest BCUT2D eigenvalue weighted by atomic mass is 32.2. The van der Waals surface area contributed by atoms with Crippen LogP contribution in [0, 0.1) is 11.8 Å². The van der Waals surface area contributed by atoms with Gasteiger partial charge in [0.25, 0.3) is 0 Å². The Labute approximate surface area is 408 Å². The van der Waals surface area contributed by atoms with Gasteiger partial charge in [0.2, 0.25) is 0 Å². The van der Waals surface area contributed by atoms with Crippen LogP contribution in [-0.4, -0.2) is 76.5 Å². The summed E-state index contributed by atoms with van der Waals surface area (Å²) in [6.45, 7) is 14.7. The maximum absolute atomic E-state index is 14.3. The van der Waals surface area contributed by atoms with Crippen molar-refractivity contribution >= 4 is 22.9 Å². The van der Waals surface area contributed by atoms with Gasteiger partial charge in [0.15, 0.2) is 0 Å². The average Bonchev–Trinajstić information content (AvgIpc) is 3.31. The lowest BCUT2D eigenvalue weighted by Gasteiger charge is -2.41. The predicted octanol–water partition coefficient (Wildman–Crippen LogP) is 16.7. The Morgan fingerprint density at radius 2 is 0.815 bits per heavy atom. The molecule has 65 heavy (non-hydrogen) atoms. The lowest BCUT2D eigenvalue weighted by atomic mass is 9.96. The van der Waals surface area contributed by atoms with Gasteiger partial charge in [0, 0.05) is 30.7 Å². The second kappa shape index (κ2) is 45.5. The number of hydrogen-bond donors (Lipinski definition) is 0.